The molecule has 2 aromatic rings. The first-order valence-corrected chi connectivity index (χ1v) is 5.88. The molecule has 0 saturated heterocycles. The van der Waals surface area contributed by atoms with E-state index in [1.807, 2.05) is 20.8 Å². The minimum absolute atomic E-state index is 0.149. The molecular weight excluding hydrogens is 245 g/mol. The summed E-state index contributed by atoms with van der Waals surface area (Å²) in [4.78, 5) is 12.7. The van der Waals surface area contributed by atoms with E-state index in [0.717, 1.165) is 11.9 Å². The first-order valence-electron chi connectivity index (χ1n) is 5.88. The summed E-state index contributed by atoms with van der Waals surface area (Å²) in [5, 5.41) is 0. The lowest BCUT2D eigenvalue weighted by Gasteiger charge is -2.19. The van der Waals surface area contributed by atoms with Gasteiger partial charge < -0.3 is 5.43 Å². The van der Waals surface area contributed by atoms with Gasteiger partial charge in [0.2, 0.25) is 0 Å². The second-order valence-electron chi connectivity index (χ2n) is 5.22. The average molecular weight is 261 g/mol. The van der Waals surface area contributed by atoms with Crippen molar-refractivity contribution in [3.8, 4) is 11.5 Å². The third-order valence-corrected chi connectivity index (χ3v) is 2.60. The second kappa shape index (κ2) is 4.89. The normalized spacial score (nSPS) is 11.4. The van der Waals surface area contributed by atoms with Crippen molar-refractivity contribution in [3.63, 3.8) is 0 Å². The summed E-state index contributed by atoms with van der Waals surface area (Å²) in [5.41, 5.74) is 3.69. The number of nitrogens with one attached hydrogen (secondary N) is 1. The van der Waals surface area contributed by atoms with E-state index in [9.17, 15) is 4.39 Å². The van der Waals surface area contributed by atoms with E-state index >= 15 is 0 Å². The van der Waals surface area contributed by atoms with Crippen LogP contribution in [0, 0.1) is 5.82 Å². The summed E-state index contributed by atoms with van der Waals surface area (Å²) >= 11 is 0. The van der Waals surface area contributed by atoms with Crippen molar-refractivity contribution in [2.45, 2.75) is 26.2 Å². The number of aromatic nitrogens is 3. The van der Waals surface area contributed by atoms with Crippen LogP contribution in [0.3, 0.4) is 0 Å². The minimum atomic E-state index is -0.395. The van der Waals surface area contributed by atoms with Crippen LogP contribution in [0.15, 0.2) is 24.4 Å². The highest BCUT2D eigenvalue weighted by molar-refractivity contribution is 5.53. The number of nitrogens with two attached hydrogens (primary N) is 1. The van der Waals surface area contributed by atoms with Gasteiger partial charge in [0.15, 0.2) is 5.82 Å². The van der Waals surface area contributed by atoms with Gasteiger partial charge in [-0.15, -0.1) is 0 Å². The molecule has 0 bridgehead atoms. The first kappa shape index (κ1) is 13.4. The van der Waals surface area contributed by atoms with Crippen LogP contribution < -0.4 is 11.3 Å². The molecule has 0 fully saturated rings. The van der Waals surface area contributed by atoms with Crippen molar-refractivity contribution in [1.29, 1.82) is 0 Å². The van der Waals surface area contributed by atoms with E-state index in [1.54, 1.807) is 6.07 Å². The molecule has 0 spiro atoms. The van der Waals surface area contributed by atoms with Gasteiger partial charge in [0.25, 0.3) is 0 Å². The second-order valence-corrected chi connectivity index (χ2v) is 5.22. The Balaban J connectivity index is 2.54. The Kier molecular flexibility index (Phi) is 3.44. The SMILES string of the molecule is CC(C)(C)c1cc(NN)nc(-c2ccc(F)cn2)n1. The number of halogens is 1. The van der Waals surface area contributed by atoms with E-state index in [-0.39, 0.29) is 5.41 Å². The molecule has 0 amide bonds. The van der Waals surface area contributed by atoms with Gasteiger partial charge in [0, 0.05) is 11.5 Å². The lowest BCUT2D eigenvalue weighted by molar-refractivity contribution is 0.568. The molecule has 0 aliphatic carbocycles. The van der Waals surface area contributed by atoms with Crippen molar-refractivity contribution < 1.29 is 4.39 Å². The van der Waals surface area contributed by atoms with Crippen LogP contribution in [0.5, 0.6) is 0 Å². The molecular formula is C13H16FN5. The number of nitrogen functional groups attached to an aromatic ring is 1. The summed E-state index contributed by atoms with van der Waals surface area (Å²) in [7, 11) is 0. The summed E-state index contributed by atoms with van der Waals surface area (Å²) in [6, 6.07) is 4.65. The molecule has 19 heavy (non-hydrogen) atoms. The van der Waals surface area contributed by atoms with Gasteiger partial charge in [-0.2, -0.15) is 0 Å². The fraction of sp³-hybridized carbons (Fsp3) is 0.308. The topological polar surface area (TPSA) is 76.7 Å². The molecule has 2 rings (SSSR count). The van der Waals surface area contributed by atoms with E-state index in [1.165, 1.54) is 12.1 Å². The quantitative estimate of drug-likeness (QED) is 0.640. The van der Waals surface area contributed by atoms with Gasteiger partial charge in [0.1, 0.15) is 17.3 Å². The maximum absolute atomic E-state index is 12.9. The zero-order valence-corrected chi connectivity index (χ0v) is 11.1. The Bertz CT molecular complexity index is 575. The lowest BCUT2D eigenvalue weighted by atomic mass is 9.92. The van der Waals surface area contributed by atoms with Gasteiger partial charge in [-0.25, -0.2) is 25.2 Å². The Morgan fingerprint density at radius 1 is 1.21 bits per heavy atom. The van der Waals surface area contributed by atoms with Gasteiger partial charge in [-0.05, 0) is 12.1 Å². The van der Waals surface area contributed by atoms with Crippen LogP contribution in [0.1, 0.15) is 26.5 Å². The van der Waals surface area contributed by atoms with Crippen molar-refractivity contribution >= 4 is 5.82 Å². The van der Waals surface area contributed by atoms with Crippen LogP contribution in [-0.4, -0.2) is 15.0 Å². The molecule has 2 heterocycles. The molecule has 0 unspecified atom stereocenters. The number of nitrogens with zero attached hydrogens (tertiary/aromatic N) is 3. The predicted octanol–water partition coefficient (Wildman–Crippen LogP) is 2.26. The van der Waals surface area contributed by atoms with Crippen LogP contribution in [0.25, 0.3) is 11.5 Å². The predicted molar refractivity (Wildman–Crippen MR) is 71.7 cm³/mol. The van der Waals surface area contributed by atoms with Crippen molar-refractivity contribution in [2.24, 2.45) is 5.84 Å². The summed E-state index contributed by atoms with van der Waals surface area (Å²) in [5.74, 6) is 5.93. The largest absolute Gasteiger partial charge is 0.308 e. The molecule has 0 saturated carbocycles. The Morgan fingerprint density at radius 3 is 2.47 bits per heavy atom. The van der Waals surface area contributed by atoms with Crippen LogP contribution in [0.4, 0.5) is 10.2 Å². The summed E-state index contributed by atoms with van der Waals surface area (Å²) in [6.45, 7) is 6.12. The van der Waals surface area contributed by atoms with Gasteiger partial charge >= 0.3 is 0 Å². The Hall–Kier alpha value is -2.08. The standard InChI is InChI=1S/C13H16FN5/c1-13(2,3)10-6-11(19-15)18-12(17-10)9-5-4-8(14)7-16-9/h4-7H,15H2,1-3H3,(H,17,18,19). The highest BCUT2D eigenvalue weighted by Crippen LogP contribution is 2.24. The van der Waals surface area contributed by atoms with Crippen molar-refractivity contribution in [3.05, 3.63) is 35.9 Å². The summed E-state index contributed by atoms with van der Waals surface area (Å²) in [6.07, 6.45) is 1.14. The third-order valence-electron chi connectivity index (χ3n) is 2.60. The van der Waals surface area contributed by atoms with Crippen molar-refractivity contribution in [1.82, 2.24) is 15.0 Å². The Labute approximate surface area is 111 Å². The molecule has 0 aromatic carbocycles. The third kappa shape index (κ3) is 3.03. The van der Waals surface area contributed by atoms with Crippen molar-refractivity contribution in [2.75, 3.05) is 5.43 Å². The molecule has 6 heteroatoms. The maximum Gasteiger partial charge on any atom is 0.180 e. The first-order chi connectivity index (χ1) is 8.90. The monoisotopic (exact) mass is 261 g/mol. The van der Waals surface area contributed by atoms with Gasteiger partial charge in [0.05, 0.1) is 11.9 Å². The van der Waals surface area contributed by atoms with Gasteiger partial charge in [-0.3, -0.25) is 0 Å². The van der Waals surface area contributed by atoms with E-state index < -0.39 is 5.82 Å². The number of hydrogen-bond acceptors (Lipinski definition) is 5. The number of anilines is 1. The molecule has 0 aliphatic rings. The maximum atomic E-state index is 12.9. The number of rotatable bonds is 2. The molecule has 0 atom stereocenters. The fourth-order valence-electron chi connectivity index (χ4n) is 1.53. The van der Waals surface area contributed by atoms with E-state index in [4.69, 9.17) is 5.84 Å². The summed E-state index contributed by atoms with van der Waals surface area (Å²) < 4.78 is 12.9. The molecule has 3 N–H and O–H groups in total. The number of hydrazine groups is 1. The van der Waals surface area contributed by atoms with Crippen LogP contribution in [-0.2, 0) is 5.41 Å². The van der Waals surface area contributed by atoms with Crippen LogP contribution >= 0.6 is 0 Å². The van der Waals surface area contributed by atoms with Crippen LogP contribution in [0.2, 0.25) is 0 Å². The van der Waals surface area contributed by atoms with E-state index in [2.05, 4.69) is 20.4 Å². The molecule has 2 aromatic heterocycles. The molecule has 0 radical (unpaired) electrons. The Morgan fingerprint density at radius 2 is 1.95 bits per heavy atom. The highest BCUT2D eigenvalue weighted by Gasteiger charge is 2.18. The zero-order valence-electron chi connectivity index (χ0n) is 11.1. The lowest BCUT2D eigenvalue weighted by Crippen LogP contribution is -2.17. The highest BCUT2D eigenvalue weighted by atomic mass is 19.1. The number of hydrogen-bond donors (Lipinski definition) is 2. The minimum Gasteiger partial charge on any atom is -0.308 e. The molecule has 0 aliphatic heterocycles. The van der Waals surface area contributed by atoms with Gasteiger partial charge in [-0.1, -0.05) is 20.8 Å². The van der Waals surface area contributed by atoms with E-state index in [0.29, 0.717) is 17.3 Å². The molecule has 5 nitrogen and oxygen atoms in total. The zero-order chi connectivity index (χ0) is 14.0. The fourth-order valence-corrected chi connectivity index (χ4v) is 1.53. The average Bonchev–Trinajstić information content (AvgIpc) is 2.38. The smallest absolute Gasteiger partial charge is 0.180 e. The number of pyridine rings is 1. The molecule has 100 valence electrons.